The van der Waals surface area contributed by atoms with Gasteiger partial charge in [0.2, 0.25) is 11.6 Å². The maximum Gasteiger partial charge on any atom is 0.227 e. The highest BCUT2D eigenvalue weighted by molar-refractivity contribution is 6.20. The molecule has 0 saturated heterocycles. The van der Waals surface area contributed by atoms with Crippen LogP contribution in [-0.2, 0) is 14.3 Å². The van der Waals surface area contributed by atoms with E-state index in [2.05, 4.69) is 19.1 Å². The van der Waals surface area contributed by atoms with E-state index in [1.165, 1.54) is 64.9 Å². The molecule has 0 heterocycles. The lowest BCUT2D eigenvalue weighted by Gasteiger charge is -2.14. The van der Waals surface area contributed by atoms with Gasteiger partial charge in [-0.15, -0.1) is 0 Å². The number of carbonyl (C=O) groups is 2. The van der Waals surface area contributed by atoms with E-state index in [9.17, 15) is 14.7 Å². The summed E-state index contributed by atoms with van der Waals surface area (Å²) in [6.07, 6.45) is 21.8. The van der Waals surface area contributed by atoms with Gasteiger partial charge in [0, 0.05) is 11.6 Å². The molecule has 0 bridgehead atoms. The molecule has 0 unspecified atom stereocenters. The van der Waals surface area contributed by atoms with Crippen molar-refractivity contribution in [2.24, 2.45) is 0 Å². The highest BCUT2D eigenvalue weighted by atomic mass is 16.5. The fourth-order valence-corrected chi connectivity index (χ4v) is 3.41. The minimum atomic E-state index is -0.542. The summed E-state index contributed by atoms with van der Waals surface area (Å²) in [4.78, 5) is 23.8. The van der Waals surface area contributed by atoms with Gasteiger partial charge in [0.1, 0.15) is 0 Å². The Kier molecular flexibility index (Phi) is 13.1. The summed E-state index contributed by atoms with van der Waals surface area (Å²) in [6.45, 7) is 2.25. The number of hydrogen-bond donors (Lipinski definition) is 1. The summed E-state index contributed by atoms with van der Waals surface area (Å²) >= 11 is 0. The molecular weight excluding hydrogens is 352 g/mol. The Morgan fingerprint density at radius 3 is 1.96 bits per heavy atom. The van der Waals surface area contributed by atoms with Gasteiger partial charge in [-0.05, 0) is 38.5 Å². The SMILES string of the molecule is CCCCCCCC/C=C/CCCCCCCC1=C(O)C(=O)C=C(OC)C1=O. The van der Waals surface area contributed by atoms with Gasteiger partial charge in [-0.3, -0.25) is 9.59 Å². The summed E-state index contributed by atoms with van der Waals surface area (Å²) < 4.78 is 4.92. The number of aliphatic hydroxyl groups excluding tert-OH is 1. The van der Waals surface area contributed by atoms with Gasteiger partial charge < -0.3 is 9.84 Å². The van der Waals surface area contributed by atoms with Gasteiger partial charge >= 0.3 is 0 Å². The Morgan fingerprint density at radius 2 is 1.39 bits per heavy atom. The molecule has 0 aromatic rings. The lowest BCUT2D eigenvalue weighted by molar-refractivity contribution is -0.119. The molecule has 0 aromatic heterocycles. The van der Waals surface area contributed by atoms with E-state index in [1.54, 1.807) is 0 Å². The first-order valence-corrected chi connectivity index (χ1v) is 11.0. The van der Waals surface area contributed by atoms with Gasteiger partial charge in [0.25, 0.3) is 0 Å². The van der Waals surface area contributed by atoms with Crippen molar-refractivity contribution in [2.75, 3.05) is 7.11 Å². The van der Waals surface area contributed by atoms with Crippen LogP contribution >= 0.6 is 0 Å². The molecule has 0 fully saturated rings. The third-order valence-electron chi connectivity index (χ3n) is 5.19. The number of carbonyl (C=O) groups excluding carboxylic acids is 2. The smallest absolute Gasteiger partial charge is 0.227 e. The van der Waals surface area contributed by atoms with Crippen molar-refractivity contribution in [3.8, 4) is 0 Å². The first kappa shape index (κ1) is 24.2. The Labute approximate surface area is 170 Å². The van der Waals surface area contributed by atoms with Crippen LogP contribution in [0.25, 0.3) is 0 Å². The average Bonchev–Trinajstić information content (AvgIpc) is 2.69. The van der Waals surface area contributed by atoms with E-state index < -0.39 is 11.5 Å². The van der Waals surface area contributed by atoms with Crippen LogP contribution in [0.2, 0.25) is 0 Å². The fraction of sp³-hybridized carbons (Fsp3) is 0.667. The van der Waals surface area contributed by atoms with Crippen molar-refractivity contribution in [3.63, 3.8) is 0 Å². The predicted molar refractivity (Wildman–Crippen MR) is 114 cm³/mol. The number of unbranched alkanes of at least 4 members (excludes halogenated alkanes) is 11. The van der Waals surface area contributed by atoms with E-state index in [4.69, 9.17) is 4.74 Å². The number of ether oxygens (including phenoxy) is 1. The van der Waals surface area contributed by atoms with Crippen molar-refractivity contribution in [3.05, 3.63) is 35.3 Å². The molecule has 0 amide bonds. The van der Waals surface area contributed by atoms with Crippen molar-refractivity contribution in [2.45, 2.75) is 96.8 Å². The second kappa shape index (κ2) is 15.1. The first-order chi connectivity index (χ1) is 13.6. The maximum absolute atomic E-state index is 12.1. The summed E-state index contributed by atoms with van der Waals surface area (Å²) in [6, 6.07) is 0. The number of rotatable bonds is 16. The van der Waals surface area contributed by atoms with Crippen LogP contribution in [0.3, 0.4) is 0 Å². The lowest BCUT2D eigenvalue weighted by atomic mass is 9.94. The Bertz CT molecular complexity index is 569. The normalized spacial score (nSPS) is 14.9. The molecule has 1 rings (SSSR count). The number of hydrogen-bond acceptors (Lipinski definition) is 4. The van der Waals surface area contributed by atoms with Crippen molar-refractivity contribution in [1.29, 1.82) is 0 Å². The van der Waals surface area contributed by atoms with E-state index in [1.807, 2.05) is 0 Å². The molecule has 28 heavy (non-hydrogen) atoms. The summed E-state index contributed by atoms with van der Waals surface area (Å²) in [7, 11) is 1.36. The summed E-state index contributed by atoms with van der Waals surface area (Å²) in [5.74, 6) is -1.30. The second-order valence-corrected chi connectivity index (χ2v) is 7.57. The molecule has 0 radical (unpaired) electrons. The van der Waals surface area contributed by atoms with Crippen molar-refractivity contribution in [1.82, 2.24) is 0 Å². The zero-order valence-corrected chi connectivity index (χ0v) is 17.8. The number of Topliss-reactive ketones (excluding diaryl/α,β-unsaturated/α-hetero) is 1. The lowest BCUT2D eigenvalue weighted by Crippen LogP contribution is -2.20. The van der Waals surface area contributed by atoms with Crippen LogP contribution in [0.15, 0.2) is 35.3 Å². The van der Waals surface area contributed by atoms with Gasteiger partial charge in [-0.25, -0.2) is 0 Å². The van der Waals surface area contributed by atoms with Crippen molar-refractivity contribution < 1.29 is 19.4 Å². The quantitative estimate of drug-likeness (QED) is 0.185. The van der Waals surface area contributed by atoms with Gasteiger partial charge in [-0.1, -0.05) is 70.4 Å². The maximum atomic E-state index is 12.1. The first-order valence-electron chi connectivity index (χ1n) is 11.0. The summed E-state index contributed by atoms with van der Waals surface area (Å²) in [5, 5.41) is 9.84. The molecule has 158 valence electrons. The molecular formula is C24H38O4. The zero-order chi connectivity index (χ0) is 20.6. The summed E-state index contributed by atoms with van der Waals surface area (Å²) in [5.41, 5.74) is 0.196. The Balaban J connectivity index is 2.03. The number of ketones is 2. The topological polar surface area (TPSA) is 63.6 Å². The molecule has 0 aromatic carbocycles. The van der Waals surface area contributed by atoms with Crippen LogP contribution < -0.4 is 0 Å². The molecule has 1 aliphatic rings. The minimum Gasteiger partial charge on any atom is -0.504 e. The van der Waals surface area contributed by atoms with E-state index in [0.29, 0.717) is 6.42 Å². The fourth-order valence-electron chi connectivity index (χ4n) is 3.41. The molecule has 0 spiro atoms. The molecule has 0 saturated carbocycles. The second-order valence-electron chi connectivity index (χ2n) is 7.57. The average molecular weight is 391 g/mol. The Morgan fingerprint density at radius 1 is 0.857 bits per heavy atom. The monoisotopic (exact) mass is 390 g/mol. The highest BCUT2D eigenvalue weighted by Gasteiger charge is 2.28. The van der Waals surface area contributed by atoms with E-state index in [-0.39, 0.29) is 17.1 Å². The van der Waals surface area contributed by atoms with E-state index >= 15 is 0 Å². The third kappa shape index (κ3) is 9.38. The molecule has 4 heteroatoms. The van der Waals surface area contributed by atoms with Crippen LogP contribution in [0.1, 0.15) is 96.8 Å². The van der Waals surface area contributed by atoms with Crippen LogP contribution in [0, 0.1) is 0 Å². The van der Waals surface area contributed by atoms with Gasteiger partial charge in [0.05, 0.1) is 7.11 Å². The van der Waals surface area contributed by atoms with Crippen molar-refractivity contribution >= 4 is 11.6 Å². The Hall–Kier alpha value is -1.84. The minimum absolute atomic E-state index is 0.0190. The standard InChI is InChI=1S/C24H38O4/c1-3-4-5-6-7-8-9-10-11-12-13-14-15-16-17-18-20-23(26)21(25)19-22(28-2)24(20)27/h10-11,19,26H,3-9,12-18H2,1-2H3/b11-10+. The zero-order valence-electron chi connectivity index (χ0n) is 17.8. The molecule has 0 atom stereocenters. The third-order valence-corrected chi connectivity index (χ3v) is 5.19. The highest BCUT2D eigenvalue weighted by Crippen LogP contribution is 2.23. The molecule has 1 aliphatic carbocycles. The predicted octanol–water partition coefficient (Wildman–Crippen LogP) is 6.52. The van der Waals surface area contributed by atoms with Gasteiger partial charge in [0.15, 0.2) is 11.5 Å². The number of methoxy groups -OCH3 is 1. The van der Waals surface area contributed by atoms with Crippen LogP contribution in [-0.4, -0.2) is 23.8 Å². The molecule has 4 nitrogen and oxygen atoms in total. The van der Waals surface area contributed by atoms with E-state index in [0.717, 1.165) is 31.8 Å². The van der Waals surface area contributed by atoms with Crippen LogP contribution in [0.5, 0.6) is 0 Å². The largest absolute Gasteiger partial charge is 0.504 e. The molecule has 0 aliphatic heterocycles. The van der Waals surface area contributed by atoms with Crippen LogP contribution in [0.4, 0.5) is 0 Å². The number of aliphatic hydroxyl groups is 1. The van der Waals surface area contributed by atoms with Gasteiger partial charge in [-0.2, -0.15) is 0 Å². The molecule has 1 N–H and O–H groups in total. The number of allylic oxidation sites excluding steroid dienone is 4.